The van der Waals surface area contributed by atoms with Gasteiger partial charge in [0.2, 0.25) is 0 Å². The van der Waals surface area contributed by atoms with Crippen molar-refractivity contribution in [3.63, 3.8) is 0 Å². The first-order chi connectivity index (χ1) is 8.60. The number of nitrogens with zero attached hydrogens (tertiary/aromatic N) is 2. The first kappa shape index (κ1) is 12.7. The Balaban J connectivity index is 2.13. The first-order valence-corrected chi connectivity index (χ1v) is 6.78. The Hall–Kier alpha value is -1.75. The highest BCUT2D eigenvalue weighted by molar-refractivity contribution is 7.98. The number of benzene rings is 1. The molecule has 18 heavy (non-hydrogen) atoms. The Labute approximate surface area is 110 Å². The smallest absolute Gasteiger partial charge is 0.273 e. The molecule has 1 aromatic heterocycles. The minimum Gasteiger partial charge on any atom is -0.321 e. The molecule has 0 spiro atoms. The van der Waals surface area contributed by atoms with Crippen LogP contribution in [0.1, 0.15) is 16.2 Å². The molecule has 94 valence electrons. The van der Waals surface area contributed by atoms with Crippen LogP contribution in [0.2, 0.25) is 0 Å². The second-order valence-corrected chi connectivity index (χ2v) is 4.86. The summed E-state index contributed by atoms with van der Waals surface area (Å²) in [6.45, 7) is 1.87. The molecule has 1 N–H and O–H groups in total. The normalized spacial score (nSPS) is 10.4. The quantitative estimate of drug-likeness (QED) is 0.864. The fourth-order valence-electron chi connectivity index (χ4n) is 1.69. The molecule has 2 rings (SSSR count). The summed E-state index contributed by atoms with van der Waals surface area (Å²) in [6, 6.07) is 9.52. The van der Waals surface area contributed by atoms with Crippen molar-refractivity contribution in [1.82, 2.24) is 9.78 Å². The molecule has 0 unspecified atom stereocenters. The average Bonchev–Trinajstić information content (AvgIpc) is 2.69. The number of aryl methyl sites for hydroxylation is 2. The molecule has 5 heteroatoms. The molecule has 4 nitrogen and oxygen atoms in total. The van der Waals surface area contributed by atoms with Gasteiger partial charge in [0.25, 0.3) is 5.91 Å². The van der Waals surface area contributed by atoms with Crippen molar-refractivity contribution in [3.05, 3.63) is 41.7 Å². The molecular weight excluding hydrogens is 246 g/mol. The van der Waals surface area contributed by atoms with Crippen LogP contribution in [-0.2, 0) is 7.05 Å². The number of thioether (sulfide) groups is 1. The van der Waals surface area contributed by atoms with Gasteiger partial charge in [0.15, 0.2) is 0 Å². The number of rotatable bonds is 3. The van der Waals surface area contributed by atoms with Crippen LogP contribution in [0.5, 0.6) is 0 Å². The van der Waals surface area contributed by atoms with Crippen molar-refractivity contribution in [1.29, 1.82) is 0 Å². The van der Waals surface area contributed by atoms with Gasteiger partial charge in [0.1, 0.15) is 5.69 Å². The SMILES string of the molecule is CSc1ccc(NC(=O)c2cc(C)nn2C)cc1. The van der Waals surface area contributed by atoms with Gasteiger partial charge in [-0.3, -0.25) is 9.48 Å². The summed E-state index contributed by atoms with van der Waals surface area (Å²) in [5, 5.41) is 7.01. The van der Waals surface area contributed by atoms with E-state index in [-0.39, 0.29) is 5.91 Å². The molecule has 0 aliphatic rings. The number of anilines is 1. The number of nitrogens with one attached hydrogen (secondary N) is 1. The van der Waals surface area contributed by atoms with Gasteiger partial charge in [0, 0.05) is 17.6 Å². The predicted octanol–water partition coefficient (Wildman–Crippen LogP) is 2.70. The van der Waals surface area contributed by atoms with Crippen molar-refractivity contribution in [2.75, 3.05) is 11.6 Å². The van der Waals surface area contributed by atoms with Crippen molar-refractivity contribution >= 4 is 23.4 Å². The van der Waals surface area contributed by atoms with Crippen LogP contribution >= 0.6 is 11.8 Å². The lowest BCUT2D eigenvalue weighted by molar-refractivity contribution is 0.101. The van der Waals surface area contributed by atoms with Crippen LogP contribution in [0.3, 0.4) is 0 Å². The van der Waals surface area contributed by atoms with Gasteiger partial charge in [-0.2, -0.15) is 5.10 Å². The zero-order chi connectivity index (χ0) is 13.1. The summed E-state index contributed by atoms with van der Waals surface area (Å²) in [4.78, 5) is 13.2. The maximum atomic E-state index is 12.0. The maximum absolute atomic E-state index is 12.0. The van der Waals surface area contributed by atoms with E-state index in [2.05, 4.69) is 10.4 Å². The number of hydrogen-bond donors (Lipinski definition) is 1. The number of aromatic nitrogens is 2. The van der Waals surface area contributed by atoms with Crippen molar-refractivity contribution < 1.29 is 4.79 Å². The van der Waals surface area contributed by atoms with Crippen molar-refractivity contribution in [2.24, 2.45) is 7.05 Å². The maximum Gasteiger partial charge on any atom is 0.273 e. The Kier molecular flexibility index (Phi) is 3.72. The van der Waals surface area contributed by atoms with Gasteiger partial charge < -0.3 is 5.32 Å². The Bertz CT molecular complexity index is 560. The van der Waals surface area contributed by atoms with Gasteiger partial charge in [-0.1, -0.05) is 0 Å². The Morgan fingerprint density at radius 1 is 1.33 bits per heavy atom. The van der Waals surface area contributed by atoms with E-state index in [1.807, 2.05) is 37.4 Å². The fourth-order valence-corrected chi connectivity index (χ4v) is 2.10. The topological polar surface area (TPSA) is 46.9 Å². The molecule has 0 aliphatic carbocycles. The van der Waals surface area contributed by atoms with Gasteiger partial charge in [-0.15, -0.1) is 11.8 Å². The summed E-state index contributed by atoms with van der Waals surface area (Å²) in [6.07, 6.45) is 2.02. The first-order valence-electron chi connectivity index (χ1n) is 5.56. The summed E-state index contributed by atoms with van der Waals surface area (Å²) in [5.74, 6) is -0.144. The van der Waals surface area contributed by atoms with E-state index in [9.17, 15) is 4.79 Å². The van der Waals surface area contributed by atoms with Crippen LogP contribution in [0, 0.1) is 6.92 Å². The third-order valence-electron chi connectivity index (χ3n) is 2.58. The molecule has 1 amide bonds. The molecule has 0 radical (unpaired) electrons. The van der Waals surface area contributed by atoms with Crippen molar-refractivity contribution in [2.45, 2.75) is 11.8 Å². The fraction of sp³-hybridized carbons (Fsp3) is 0.231. The summed E-state index contributed by atoms with van der Waals surface area (Å²) in [5.41, 5.74) is 2.18. The standard InChI is InChI=1S/C13H15N3OS/c1-9-8-12(16(2)15-9)13(17)14-10-4-6-11(18-3)7-5-10/h4-8H,1-3H3,(H,14,17). The number of carbonyl (C=O) groups is 1. The molecular formula is C13H15N3OS. The number of hydrogen-bond acceptors (Lipinski definition) is 3. The van der Waals surface area contributed by atoms with Gasteiger partial charge in [-0.25, -0.2) is 0 Å². The Morgan fingerprint density at radius 2 is 2.00 bits per heavy atom. The highest BCUT2D eigenvalue weighted by atomic mass is 32.2. The molecule has 2 aromatic rings. The molecule has 0 saturated heterocycles. The van der Waals surface area contributed by atoms with Crippen LogP contribution in [0.25, 0.3) is 0 Å². The van der Waals surface area contributed by atoms with E-state index >= 15 is 0 Å². The molecule has 1 aromatic carbocycles. The highest BCUT2D eigenvalue weighted by Gasteiger charge is 2.11. The van der Waals surface area contributed by atoms with E-state index in [4.69, 9.17) is 0 Å². The van der Waals surface area contributed by atoms with E-state index in [1.54, 1.807) is 29.6 Å². The minimum absolute atomic E-state index is 0.144. The van der Waals surface area contributed by atoms with Gasteiger partial charge in [0.05, 0.1) is 5.69 Å². The summed E-state index contributed by atoms with van der Waals surface area (Å²) < 4.78 is 1.58. The molecule has 0 aliphatic heterocycles. The Morgan fingerprint density at radius 3 is 2.50 bits per heavy atom. The van der Waals surface area contributed by atoms with Crippen LogP contribution in [-0.4, -0.2) is 21.9 Å². The summed E-state index contributed by atoms with van der Waals surface area (Å²) >= 11 is 1.67. The van der Waals surface area contributed by atoms with Crippen molar-refractivity contribution in [3.8, 4) is 0 Å². The minimum atomic E-state index is -0.144. The van der Waals surface area contributed by atoms with Crippen LogP contribution in [0.4, 0.5) is 5.69 Å². The highest BCUT2D eigenvalue weighted by Crippen LogP contribution is 2.18. The lowest BCUT2D eigenvalue weighted by Gasteiger charge is -2.05. The molecule has 1 heterocycles. The lowest BCUT2D eigenvalue weighted by Crippen LogP contribution is -2.15. The van der Waals surface area contributed by atoms with Gasteiger partial charge in [-0.05, 0) is 43.5 Å². The second kappa shape index (κ2) is 5.27. The zero-order valence-corrected chi connectivity index (χ0v) is 11.4. The second-order valence-electron chi connectivity index (χ2n) is 3.98. The van der Waals surface area contributed by atoms with E-state index < -0.39 is 0 Å². The predicted molar refractivity (Wildman–Crippen MR) is 74.1 cm³/mol. The number of amides is 1. The van der Waals surface area contributed by atoms with E-state index in [1.165, 1.54) is 4.90 Å². The van der Waals surface area contributed by atoms with E-state index in [0.717, 1.165) is 11.4 Å². The molecule has 0 fully saturated rings. The largest absolute Gasteiger partial charge is 0.321 e. The van der Waals surface area contributed by atoms with Gasteiger partial charge >= 0.3 is 0 Å². The lowest BCUT2D eigenvalue weighted by atomic mass is 10.3. The van der Waals surface area contributed by atoms with E-state index in [0.29, 0.717) is 5.69 Å². The molecule has 0 atom stereocenters. The van der Waals surface area contributed by atoms with Crippen LogP contribution in [0.15, 0.2) is 35.2 Å². The number of carbonyl (C=O) groups excluding carboxylic acids is 1. The van der Waals surface area contributed by atoms with Crippen LogP contribution < -0.4 is 5.32 Å². The molecule has 0 bridgehead atoms. The third kappa shape index (κ3) is 2.73. The summed E-state index contributed by atoms with van der Waals surface area (Å²) in [7, 11) is 1.76. The third-order valence-corrected chi connectivity index (χ3v) is 3.33. The zero-order valence-electron chi connectivity index (χ0n) is 10.6. The average molecular weight is 261 g/mol. The molecule has 0 saturated carbocycles. The monoisotopic (exact) mass is 261 g/mol.